The Bertz CT molecular complexity index is 1070. The second-order valence-corrected chi connectivity index (χ2v) is 10.3. The molecule has 0 atom stereocenters. The quantitative estimate of drug-likeness (QED) is 0.552. The Morgan fingerprint density at radius 3 is 2.13 bits per heavy atom. The minimum Gasteiger partial charge on any atom is -0.381 e. The minimum atomic E-state index is -3.44. The van der Waals surface area contributed by atoms with Gasteiger partial charge in [-0.05, 0) is 67.5 Å². The molecule has 1 fully saturated rings. The Labute approximate surface area is 186 Å². The van der Waals surface area contributed by atoms with Gasteiger partial charge in [0.2, 0.25) is 10.0 Å². The molecule has 4 rings (SSSR count). The van der Waals surface area contributed by atoms with E-state index in [9.17, 15) is 8.42 Å². The maximum atomic E-state index is 13.1. The van der Waals surface area contributed by atoms with Crippen molar-refractivity contribution in [1.29, 1.82) is 0 Å². The maximum absolute atomic E-state index is 13.1. The van der Waals surface area contributed by atoms with Gasteiger partial charge in [-0.2, -0.15) is 4.31 Å². The number of anilines is 1. The first kappa shape index (κ1) is 21.6. The van der Waals surface area contributed by atoms with Gasteiger partial charge in [0.05, 0.1) is 4.90 Å². The third-order valence-electron chi connectivity index (χ3n) is 6.05. The summed E-state index contributed by atoms with van der Waals surface area (Å²) in [6, 6.07) is 26.0. The molecule has 5 heteroatoms. The summed E-state index contributed by atoms with van der Waals surface area (Å²) in [6.07, 6.45) is 2.84. The molecular formula is C26H30N2O2S. The number of nitrogens with one attached hydrogen (secondary N) is 1. The van der Waals surface area contributed by atoms with Crippen LogP contribution in [0.3, 0.4) is 0 Å². The van der Waals surface area contributed by atoms with Crippen molar-refractivity contribution in [2.45, 2.75) is 37.6 Å². The molecule has 0 radical (unpaired) electrons. The topological polar surface area (TPSA) is 49.4 Å². The van der Waals surface area contributed by atoms with Crippen LogP contribution in [0.5, 0.6) is 0 Å². The summed E-state index contributed by atoms with van der Waals surface area (Å²) in [7, 11) is -3.44. The second kappa shape index (κ2) is 9.67. The zero-order valence-electron chi connectivity index (χ0n) is 18.0. The van der Waals surface area contributed by atoms with E-state index in [4.69, 9.17) is 0 Å². The molecule has 0 aliphatic carbocycles. The molecule has 1 aliphatic rings. The van der Waals surface area contributed by atoms with Crippen molar-refractivity contribution in [1.82, 2.24) is 4.31 Å². The normalized spacial score (nSPS) is 15.6. The number of hydrogen-bond donors (Lipinski definition) is 1. The number of piperidine rings is 1. The summed E-state index contributed by atoms with van der Waals surface area (Å²) in [5.41, 5.74) is 4.68. The molecule has 0 saturated carbocycles. The highest BCUT2D eigenvalue weighted by atomic mass is 32.2. The van der Waals surface area contributed by atoms with Gasteiger partial charge in [-0.1, -0.05) is 60.2 Å². The van der Waals surface area contributed by atoms with Crippen LogP contribution in [0.15, 0.2) is 83.8 Å². The number of benzene rings is 3. The van der Waals surface area contributed by atoms with Gasteiger partial charge in [0.25, 0.3) is 0 Å². The third-order valence-corrected chi connectivity index (χ3v) is 7.96. The fraction of sp³-hybridized carbons (Fsp3) is 0.308. The highest BCUT2D eigenvalue weighted by Crippen LogP contribution is 2.27. The lowest BCUT2D eigenvalue weighted by Crippen LogP contribution is -2.38. The summed E-state index contributed by atoms with van der Waals surface area (Å²) in [5.74, 6) is 0.544. The molecule has 31 heavy (non-hydrogen) atoms. The van der Waals surface area contributed by atoms with Gasteiger partial charge in [0.1, 0.15) is 0 Å². The summed E-state index contributed by atoms with van der Waals surface area (Å²) in [5, 5.41) is 3.36. The zero-order valence-corrected chi connectivity index (χ0v) is 18.8. The van der Waals surface area contributed by atoms with Crippen LogP contribution in [-0.2, 0) is 23.0 Å². The molecule has 0 aromatic heterocycles. The van der Waals surface area contributed by atoms with Crippen LogP contribution in [0.1, 0.15) is 29.5 Å². The van der Waals surface area contributed by atoms with Crippen LogP contribution in [0.25, 0.3) is 0 Å². The van der Waals surface area contributed by atoms with Crippen LogP contribution < -0.4 is 5.32 Å². The molecule has 4 nitrogen and oxygen atoms in total. The number of aryl methyl sites for hydroxylation is 1. The van der Waals surface area contributed by atoms with Crippen molar-refractivity contribution in [3.8, 4) is 0 Å². The Hall–Kier alpha value is -2.63. The molecular weight excluding hydrogens is 404 g/mol. The van der Waals surface area contributed by atoms with Crippen LogP contribution in [0, 0.1) is 12.8 Å². The average molecular weight is 435 g/mol. The Kier molecular flexibility index (Phi) is 6.73. The largest absolute Gasteiger partial charge is 0.381 e. The van der Waals surface area contributed by atoms with Crippen LogP contribution >= 0.6 is 0 Å². The van der Waals surface area contributed by atoms with E-state index < -0.39 is 10.0 Å². The predicted octanol–water partition coefficient (Wildman–Crippen LogP) is 5.25. The summed E-state index contributed by atoms with van der Waals surface area (Å²) in [4.78, 5) is 0.370. The molecule has 0 bridgehead atoms. The molecule has 0 unspecified atom stereocenters. The van der Waals surface area contributed by atoms with Crippen molar-refractivity contribution < 1.29 is 8.42 Å². The number of rotatable bonds is 7. The lowest BCUT2D eigenvalue weighted by atomic mass is 9.91. The van der Waals surface area contributed by atoms with Gasteiger partial charge < -0.3 is 5.32 Å². The Balaban J connectivity index is 1.32. The highest BCUT2D eigenvalue weighted by molar-refractivity contribution is 7.89. The molecule has 3 aromatic rings. The van der Waals surface area contributed by atoms with Gasteiger partial charge in [-0.25, -0.2) is 8.42 Å². The van der Waals surface area contributed by atoms with Gasteiger partial charge in [-0.15, -0.1) is 0 Å². The molecule has 1 N–H and O–H groups in total. The van der Waals surface area contributed by atoms with Gasteiger partial charge >= 0.3 is 0 Å². The van der Waals surface area contributed by atoms with Gasteiger partial charge in [0, 0.05) is 25.3 Å². The second-order valence-electron chi connectivity index (χ2n) is 8.40. The lowest BCUT2D eigenvalue weighted by Gasteiger charge is -2.31. The molecule has 1 aliphatic heterocycles. The average Bonchev–Trinajstić information content (AvgIpc) is 2.80. The SMILES string of the molecule is Cc1ccc(CNc2ccc(S(=O)(=O)N3CCC(Cc4ccccc4)CC3)cc2)cc1. The van der Waals surface area contributed by atoms with Crippen molar-refractivity contribution in [3.63, 3.8) is 0 Å². The van der Waals surface area contributed by atoms with Crippen molar-refractivity contribution >= 4 is 15.7 Å². The fourth-order valence-corrected chi connectivity index (χ4v) is 5.57. The van der Waals surface area contributed by atoms with E-state index in [0.29, 0.717) is 30.4 Å². The molecule has 0 spiro atoms. The van der Waals surface area contributed by atoms with Crippen LogP contribution in [-0.4, -0.2) is 25.8 Å². The smallest absolute Gasteiger partial charge is 0.243 e. The molecule has 1 saturated heterocycles. The van der Waals surface area contributed by atoms with E-state index in [1.54, 1.807) is 16.4 Å². The number of hydrogen-bond acceptors (Lipinski definition) is 3. The van der Waals surface area contributed by atoms with E-state index >= 15 is 0 Å². The van der Waals surface area contributed by atoms with E-state index in [-0.39, 0.29) is 0 Å². The number of nitrogens with zero attached hydrogens (tertiary/aromatic N) is 1. The van der Waals surface area contributed by atoms with Gasteiger partial charge in [-0.3, -0.25) is 0 Å². The Morgan fingerprint density at radius 1 is 0.839 bits per heavy atom. The minimum absolute atomic E-state index is 0.370. The molecule has 162 valence electrons. The van der Waals surface area contributed by atoms with Crippen molar-refractivity contribution in [3.05, 3.63) is 95.6 Å². The van der Waals surface area contributed by atoms with E-state index in [1.807, 2.05) is 18.2 Å². The molecule has 3 aromatic carbocycles. The first-order valence-electron chi connectivity index (χ1n) is 10.9. The molecule has 0 amide bonds. The predicted molar refractivity (Wildman–Crippen MR) is 127 cm³/mol. The standard InChI is InChI=1S/C26H30N2O2S/c1-21-7-9-24(10-8-21)20-27-25-11-13-26(14-12-25)31(29,30)28-17-15-23(16-18-28)19-22-5-3-2-4-6-22/h2-14,23,27H,15-20H2,1H3. The summed E-state index contributed by atoms with van der Waals surface area (Å²) >= 11 is 0. The lowest BCUT2D eigenvalue weighted by molar-refractivity contribution is 0.273. The highest BCUT2D eigenvalue weighted by Gasteiger charge is 2.29. The molecule has 1 heterocycles. The fourth-order valence-electron chi connectivity index (χ4n) is 4.11. The van der Waals surface area contributed by atoms with Crippen molar-refractivity contribution in [2.24, 2.45) is 5.92 Å². The summed E-state index contributed by atoms with van der Waals surface area (Å²) < 4.78 is 27.8. The number of sulfonamides is 1. The Morgan fingerprint density at radius 2 is 1.48 bits per heavy atom. The van der Waals surface area contributed by atoms with E-state index in [2.05, 4.69) is 60.8 Å². The van der Waals surface area contributed by atoms with Crippen LogP contribution in [0.4, 0.5) is 5.69 Å². The van der Waals surface area contributed by atoms with Crippen LogP contribution in [0.2, 0.25) is 0 Å². The zero-order chi connectivity index (χ0) is 21.7. The van der Waals surface area contributed by atoms with Crippen molar-refractivity contribution in [2.75, 3.05) is 18.4 Å². The summed E-state index contributed by atoms with van der Waals surface area (Å²) in [6.45, 7) is 3.96. The monoisotopic (exact) mass is 434 g/mol. The third kappa shape index (κ3) is 5.54. The van der Waals surface area contributed by atoms with E-state index in [1.165, 1.54) is 16.7 Å². The maximum Gasteiger partial charge on any atom is 0.243 e. The van der Waals surface area contributed by atoms with E-state index in [0.717, 1.165) is 24.9 Å². The first-order chi connectivity index (χ1) is 15.0. The van der Waals surface area contributed by atoms with Gasteiger partial charge in [0.15, 0.2) is 0 Å². The first-order valence-corrected chi connectivity index (χ1v) is 12.4.